The fourth-order valence-electron chi connectivity index (χ4n) is 2.08. The molecular formula is C19H16I2N2O2. The number of hydrogen-bond donors (Lipinski definition) is 0. The maximum absolute atomic E-state index is 12.0. The van der Waals surface area contributed by atoms with Gasteiger partial charge in [-0.15, -0.1) is 0 Å². The molecule has 0 aliphatic rings. The Hall–Kier alpha value is -1.60. The van der Waals surface area contributed by atoms with Crippen molar-refractivity contribution in [1.82, 2.24) is 4.90 Å². The summed E-state index contributed by atoms with van der Waals surface area (Å²) in [6.07, 6.45) is 1.60. The van der Waals surface area contributed by atoms with Crippen molar-refractivity contribution in [2.45, 2.75) is 6.61 Å². The molecule has 4 nitrogen and oxygen atoms in total. The third-order valence-corrected chi connectivity index (χ3v) is 4.92. The molecule has 6 heteroatoms. The molecule has 0 bridgehead atoms. The maximum Gasteiger partial charge on any atom is 0.264 e. The Morgan fingerprint density at radius 2 is 1.80 bits per heavy atom. The molecule has 128 valence electrons. The van der Waals surface area contributed by atoms with E-state index in [4.69, 9.17) is 4.74 Å². The van der Waals surface area contributed by atoms with Crippen LogP contribution in [-0.2, 0) is 11.4 Å². The lowest BCUT2D eigenvalue weighted by atomic mass is 10.1. The summed E-state index contributed by atoms with van der Waals surface area (Å²) in [5.74, 6) is 0.497. The molecule has 0 atom stereocenters. The molecule has 2 aromatic rings. The van der Waals surface area contributed by atoms with Crippen molar-refractivity contribution in [3.8, 4) is 11.8 Å². The largest absolute Gasteiger partial charge is 0.487 e. The van der Waals surface area contributed by atoms with Crippen molar-refractivity contribution < 1.29 is 9.53 Å². The first-order valence-corrected chi connectivity index (χ1v) is 9.57. The van der Waals surface area contributed by atoms with E-state index in [0.29, 0.717) is 6.61 Å². The molecule has 0 spiro atoms. The van der Waals surface area contributed by atoms with Crippen LogP contribution < -0.4 is 4.74 Å². The van der Waals surface area contributed by atoms with E-state index >= 15 is 0 Å². The van der Waals surface area contributed by atoms with Gasteiger partial charge < -0.3 is 9.64 Å². The minimum Gasteiger partial charge on any atom is -0.487 e. The van der Waals surface area contributed by atoms with Gasteiger partial charge in [0, 0.05) is 14.1 Å². The summed E-state index contributed by atoms with van der Waals surface area (Å²) in [6, 6.07) is 15.7. The number of halogens is 2. The third-order valence-electron chi connectivity index (χ3n) is 3.31. The van der Waals surface area contributed by atoms with E-state index in [9.17, 15) is 10.1 Å². The van der Waals surface area contributed by atoms with Crippen LogP contribution in [0.5, 0.6) is 5.75 Å². The second-order valence-corrected chi connectivity index (χ2v) is 7.78. The molecule has 0 unspecified atom stereocenters. The molecule has 0 saturated heterocycles. The fraction of sp³-hybridized carbons (Fsp3) is 0.158. The van der Waals surface area contributed by atoms with Crippen LogP contribution in [0.25, 0.3) is 6.08 Å². The smallest absolute Gasteiger partial charge is 0.264 e. The number of ether oxygens (including phenoxy) is 1. The summed E-state index contributed by atoms with van der Waals surface area (Å²) < 4.78 is 7.81. The molecule has 0 fully saturated rings. The Balaban J connectivity index is 2.25. The normalized spacial score (nSPS) is 10.9. The number of amides is 1. The minimum absolute atomic E-state index is 0.106. The quantitative estimate of drug-likeness (QED) is 0.310. The highest BCUT2D eigenvalue weighted by molar-refractivity contribution is 14.1. The van der Waals surface area contributed by atoms with Crippen LogP contribution >= 0.6 is 45.2 Å². The van der Waals surface area contributed by atoms with Crippen molar-refractivity contribution in [1.29, 1.82) is 5.26 Å². The van der Waals surface area contributed by atoms with E-state index in [1.54, 1.807) is 20.2 Å². The van der Waals surface area contributed by atoms with Crippen molar-refractivity contribution in [2.24, 2.45) is 0 Å². The molecule has 0 aliphatic carbocycles. The van der Waals surface area contributed by atoms with Gasteiger partial charge in [0.15, 0.2) is 0 Å². The maximum atomic E-state index is 12.0. The first-order chi connectivity index (χ1) is 11.9. The van der Waals surface area contributed by atoms with Gasteiger partial charge in [-0.2, -0.15) is 5.26 Å². The Labute approximate surface area is 174 Å². The van der Waals surface area contributed by atoms with Crippen LogP contribution in [-0.4, -0.2) is 24.9 Å². The van der Waals surface area contributed by atoms with E-state index in [1.807, 2.05) is 48.5 Å². The summed E-state index contributed by atoms with van der Waals surface area (Å²) in [6.45, 7) is 0.491. The highest BCUT2D eigenvalue weighted by Crippen LogP contribution is 2.30. The average molecular weight is 558 g/mol. The number of nitrogens with zero attached hydrogens (tertiary/aromatic N) is 2. The van der Waals surface area contributed by atoms with E-state index in [0.717, 1.165) is 24.0 Å². The topological polar surface area (TPSA) is 53.3 Å². The van der Waals surface area contributed by atoms with Crippen LogP contribution in [0.4, 0.5) is 0 Å². The highest BCUT2D eigenvalue weighted by Gasteiger charge is 2.13. The van der Waals surface area contributed by atoms with E-state index in [-0.39, 0.29) is 11.5 Å². The number of rotatable bonds is 5. The summed E-state index contributed by atoms with van der Waals surface area (Å²) in [5.41, 5.74) is 2.00. The van der Waals surface area contributed by atoms with Crippen LogP contribution in [0, 0.1) is 18.5 Å². The Morgan fingerprint density at radius 3 is 2.32 bits per heavy atom. The van der Waals surface area contributed by atoms with Gasteiger partial charge in [0.25, 0.3) is 5.91 Å². The second kappa shape index (κ2) is 9.20. The highest BCUT2D eigenvalue weighted by atomic mass is 127. The van der Waals surface area contributed by atoms with Crippen molar-refractivity contribution in [3.05, 3.63) is 66.3 Å². The van der Waals surface area contributed by atoms with E-state index in [1.165, 1.54) is 4.90 Å². The molecule has 0 radical (unpaired) electrons. The summed E-state index contributed by atoms with van der Waals surface area (Å²) in [4.78, 5) is 13.4. The molecule has 0 heterocycles. The Bertz CT molecular complexity index is 817. The predicted octanol–water partition coefficient (Wildman–Crippen LogP) is 4.47. The van der Waals surface area contributed by atoms with Gasteiger partial charge in [-0.1, -0.05) is 30.3 Å². The zero-order valence-corrected chi connectivity index (χ0v) is 18.1. The van der Waals surface area contributed by atoms with E-state index in [2.05, 4.69) is 45.2 Å². The first kappa shape index (κ1) is 19.7. The van der Waals surface area contributed by atoms with Gasteiger partial charge in [0.05, 0.1) is 7.14 Å². The molecule has 25 heavy (non-hydrogen) atoms. The lowest BCUT2D eigenvalue weighted by Gasteiger charge is -2.12. The van der Waals surface area contributed by atoms with Crippen molar-refractivity contribution >= 4 is 57.2 Å². The molecule has 2 aromatic carbocycles. The number of carbonyl (C=O) groups excluding carboxylic acids is 1. The average Bonchev–Trinajstić information content (AvgIpc) is 2.59. The zero-order chi connectivity index (χ0) is 18.4. The monoisotopic (exact) mass is 558 g/mol. The van der Waals surface area contributed by atoms with Gasteiger partial charge >= 0.3 is 0 Å². The molecule has 2 rings (SSSR count). The number of likely N-dealkylation sites (N-methyl/N-ethyl adjacent to an activating group) is 1. The van der Waals surface area contributed by atoms with Gasteiger partial charge in [-0.25, -0.2) is 0 Å². The molecule has 0 aromatic heterocycles. The predicted molar refractivity (Wildman–Crippen MR) is 115 cm³/mol. The van der Waals surface area contributed by atoms with Crippen LogP contribution in [0.2, 0.25) is 0 Å². The van der Waals surface area contributed by atoms with Crippen LogP contribution in [0.1, 0.15) is 11.1 Å². The summed E-state index contributed by atoms with van der Waals surface area (Å²) >= 11 is 4.41. The first-order valence-electron chi connectivity index (χ1n) is 7.41. The molecular weight excluding hydrogens is 542 g/mol. The lowest BCUT2D eigenvalue weighted by molar-refractivity contribution is -0.124. The second-order valence-electron chi connectivity index (χ2n) is 5.46. The van der Waals surface area contributed by atoms with Gasteiger partial charge in [-0.3, -0.25) is 4.79 Å². The Morgan fingerprint density at radius 1 is 1.20 bits per heavy atom. The van der Waals surface area contributed by atoms with Crippen LogP contribution in [0.15, 0.2) is 48.0 Å². The zero-order valence-electron chi connectivity index (χ0n) is 13.8. The SMILES string of the molecule is CN(C)C(=O)/C(C#N)=C\c1cc(I)c(OCc2ccccc2)c(I)c1. The number of nitriles is 1. The standard InChI is InChI=1S/C19H16I2N2O2/c1-23(2)19(24)15(11-22)8-14-9-16(20)18(17(21)10-14)25-12-13-6-4-3-5-7-13/h3-10H,12H2,1-2H3/b15-8-. The molecule has 0 aliphatic heterocycles. The van der Waals surface area contributed by atoms with Gasteiger partial charge in [0.2, 0.25) is 0 Å². The summed E-state index contributed by atoms with van der Waals surface area (Å²) in [7, 11) is 3.25. The molecule has 1 amide bonds. The molecule has 0 saturated carbocycles. The third kappa shape index (κ3) is 5.44. The van der Waals surface area contributed by atoms with Crippen molar-refractivity contribution in [3.63, 3.8) is 0 Å². The fourth-order valence-corrected chi connectivity index (χ4v) is 4.21. The lowest BCUT2D eigenvalue weighted by Crippen LogP contribution is -2.22. The Kier molecular flexibility index (Phi) is 7.25. The summed E-state index contributed by atoms with van der Waals surface area (Å²) in [5, 5.41) is 9.22. The number of hydrogen-bond acceptors (Lipinski definition) is 3. The number of carbonyl (C=O) groups is 1. The van der Waals surface area contributed by atoms with Crippen LogP contribution in [0.3, 0.4) is 0 Å². The minimum atomic E-state index is -0.308. The van der Waals surface area contributed by atoms with Gasteiger partial charge in [0.1, 0.15) is 24.0 Å². The van der Waals surface area contributed by atoms with E-state index < -0.39 is 0 Å². The van der Waals surface area contributed by atoms with Crippen molar-refractivity contribution in [2.75, 3.05) is 14.1 Å². The van der Waals surface area contributed by atoms with Gasteiger partial charge in [-0.05, 0) is 74.5 Å². The number of benzene rings is 2. The molecule has 0 N–H and O–H groups in total.